The van der Waals surface area contributed by atoms with E-state index >= 15 is 0 Å². The van der Waals surface area contributed by atoms with Gasteiger partial charge >= 0.3 is 6.03 Å². The Bertz CT molecular complexity index is 604. The zero-order valence-electron chi connectivity index (χ0n) is 12.6. The first kappa shape index (κ1) is 16.6. The van der Waals surface area contributed by atoms with Crippen molar-refractivity contribution in [2.75, 3.05) is 30.4 Å². The Kier molecular flexibility index (Phi) is 6.51. The van der Waals surface area contributed by atoms with Crippen LogP contribution in [0.25, 0.3) is 0 Å². The summed E-state index contributed by atoms with van der Waals surface area (Å²) in [6.07, 6.45) is 0.894. The highest BCUT2D eigenvalue weighted by molar-refractivity contribution is 14.1. The highest BCUT2D eigenvalue weighted by Crippen LogP contribution is 2.12. The van der Waals surface area contributed by atoms with Crippen molar-refractivity contribution in [1.29, 1.82) is 0 Å². The fourth-order valence-corrected chi connectivity index (χ4v) is 2.61. The Morgan fingerprint density at radius 1 is 1.14 bits per heavy atom. The lowest BCUT2D eigenvalue weighted by Crippen LogP contribution is -2.31. The van der Waals surface area contributed by atoms with Crippen molar-refractivity contribution in [3.63, 3.8) is 0 Å². The van der Waals surface area contributed by atoms with Crippen LogP contribution in [0.1, 0.15) is 6.42 Å². The molecule has 0 unspecified atom stereocenters. The number of hydrogen-bond donors (Lipinski definition) is 2. The van der Waals surface area contributed by atoms with E-state index in [-0.39, 0.29) is 6.03 Å². The predicted molar refractivity (Wildman–Crippen MR) is 101 cm³/mol. The predicted octanol–water partition coefficient (Wildman–Crippen LogP) is 3.94. The molecule has 0 heterocycles. The molecule has 0 aromatic heterocycles. The van der Waals surface area contributed by atoms with E-state index in [1.165, 1.54) is 5.69 Å². The third-order valence-electron chi connectivity index (χ3n) is 3.24. The average molecular weight is 409 g/mol. The number of benzene rings is 2. The Morgan fingerprint density at radius 2 is 1.91 bits per heavy atom. The molecule has 116 valence electrons. The summed E-state index contributed by atoms with van der Waals surface area (Å²) in [4.78, 5) is 14.0. The molecule has 2 aromatic carbocycles. The van der Waals surface area contributed by atoms with E-state index in [4.69, 9.17) is 0 Å². The lowest BCUT2D eigenvalue weighted by atomic mass is 10.3. The van der Waals surface area contributed by atoms with Gasteiger partial charge in [0.25, 0.3) is 0 Å². The zero-order valence-corrected chi connectivity index (χ0v) is 14.7. The molecular formula is C17H20IN3O. The normalized spacial score (nSPS) is 10.1. The third-order valence-corrected chi connectivity index (χ3v) is 3.91. The minimum absolute atomic E-state index is 0.163. The number of amides is 2. The van der Waals surface area contributed by atoms with Crippen LogP contribution in [0.15, 0.2) is 54.6 Å². The molecule has 5 heteroatoms. The number of nitrogens with one attached hydrogen (secondary N) is 2. The second-order valence-electron chi connectivity index (χ2n) is 5.00. The summed E-state index contributed by atoms with van der Waals surface area (Å²) in [5, 5.41) is 5.71. The fraction of sp³-hybridized carbons (Fsp3) is 0.235. The summed E-state index contributed by atoms with van der Waals surface area (Å²) in [5.74, 6) is 0. The van der Waals surface area contributed by atoms with Gasteiger partial charge in [-0.25, -0.2) is 4.79 Å². The number of para-hydroxylation sites is 1. The molecule has 0 fully saturated rings. The first-order chi connectivity index (χ1) is 10.6. The van der Waals surface area contributed by atoms with Crippen molar-refractivity contribution in [2.24, 2.45) is 0 Å². The molecule has 0 saturated carbocycles. The van der Waals surface area contributed by atoms with Crippen LogP contribution in [0.3, 0.4) is 0 Å². The quantitative estimate of drug-likeness (QED) is 0.561. The summed E-state index contributed by atoms with van der Waals surface area (Å²) in [7, 11) is 2.06. The number of carbonyl (C=O) groups excluding carboxylic acids is 1. The SMILES string of the molecule is CN(CCCNC(=O)Nc1cccc(I)c1)c1ccccc1. The van der Waals surface area contributed by atoms with Crippen molar-refractivity contribution in [1.82, 2.24) is 5.32 Å². The molecule has 0 aliphatic heterocycles. The smallest absolute Gasteiger partial charge is 0.319 e. The van der Waals surface area contributed by atoms with Gasteiger partial charge in [0.1, 0.15) is 0 Å². The lowest BCUT2D eigenvalue weighted by Gasteiger charge is -2.19. The van der Waals surface area contributed by atoms with Crippen LogP contribution in [-0.4, -0.2) is 26.2 Å². The lowest BCUT2D eigenvalue weighted by molar-refractivity contribution is 0.252. The largest absolute Gasteiger partial charge is 0.375 e. The van der Waals surface area contributed by atoms with E-state index in [0.717, 1.165) is 22.2 Å². The molecule has 0 atom stereocenters. The van der Waals surface area contributed by atoms with Gasteiger partial charge in [-0.2, -0.15) is 0 Å². The van der Waals surface area contributed by atoms with Crippen molar-refractivity contribution >= 4 is 40.0 Å². The van der Waals surface area contributed by atoms with Crippen LogP contribution < -0.4 is 15.5 Å². The van der Waals surface area contributed by atoms with E-state index in [1.54, 1.807) is 0 Å². The first-order valence-corrected chi connectivity index (χ1v) is 8.29. The summed E-state index contributed by atoms with van der Waals surface area (Å²) < 4.78 is 1.10. The molecule has 0 aliphatic rings. The summed E-state index contributed by atoms with van der Waals surface area (Å²) in [6, 6.07) is 17.8. The molecule has 0 aliphatic carbocycles. The maximum Gasteiger partial charge on any atom is 0.319 e. The van der Waals surface area contributed by atoms with Gasteiger partial charge in [0.2, 0.25) is 0 Å². The highest BCUT2D eigenvalue weighted by atomic mass is 127. The van der Waals surface area contributed by atoms with Crippen LogP contribution in [0.2, 0.25) is 0 Å². The topological polar surface area (TPSA) is 44.4 Å². The molecule has 2 aromatic rings. The number of anilines is 2. The number of halogens is 1. The van der Waals surface area contributed by atoms with Gasteiger partial charge in [0.05, 0.1) is 0 Å². The average Bonchev–Trinajstić information content (AvgIpc) is 2.52. The van der Waals surface area contributed by atoms with E-state index in [2.05, 4.69) is 57.3 Å². The Balaban J connectivity index is 1.67. The van der Waals surface area contributed by atoms with Gasteiger partial charge < -0.3 is 15.5 Å². The Labute approximate surface area is 145 Å². The Hall–Kier alpha value is -1.76. The highest BCUT2D eigenvalue weighted by Gasteiger charge is 2.03. The van der Waals surface area contributed by atoms with E-state index < -0.39 is 0 Å². The number of rotatable bonds is 6. The maximum atomic E-state index is 11.8. The van der Waals surface area contributed by atoms with Gasteiger partial charge in [-0.3, -0.25) is 0 Å². The molecule has 2 rings (SSSR count). The maximum absolute atomic E-state index is 11.8. The van der Waals surface area contributed by atoms with Crippen molar-refractivity contribution < 1.29 is 4.79 Å². The number of carbonyl (C=O) groups is 1. The van der Waals surface area contributed by atoms with Gasteiger partial charge in [-0.1, -0.05) is 24.3 Å². The second-order valence-corrected chi connectivity index (χ2v) is 6.25. The van der Waals surface area contributed by atoms with Crippen molar-refractivity contribution in [2.45, 2.75) is 6.42 Å². The molecular weight excluding hydrogens is 389 g/mol. The third kappa shape index (κ3) is 5.55. The van der Waals surface area contributed by atoms with Crippen LogP contribution in [-0.2, 0) is 0 Å². The Morgan fingerprint density at radius 3 is 2.64 bits per heavy atom. The molecule has 22 heavy (non-hydrogen) atoms. The minimum atomic E-state index is -0.163. The molecule has 2 N–H and O–H groups in total. The van der Waals surface area contributed by atoms with E-state index in [9.17, 15) is 4.79 Å². The van der Waals surface area contributed by atoms with Gasteiger partial charge in [-0.05, 0) is 59.3 Å². The number of nitrogens with zero attached hydrogens (tertiary/aromatic N) is 1. The monoisotopic (exact) mass is 409 g/mol. The summed E-state index contributed by atoms with van der Waals surface area (Å²) in [5.41, 5.74) is 2.00. The molecule has 0 saturated heterocycles. The van der Waals surface area contributed by atoms with E-state index in [0.29, 0.717) is 6.54 Å². The molecule has 0 radical (unpaired) electrons. The van der Waals surface area contributed by atoms with Crippen LogP contribution >= 0.6 is 22.6 Å². The fourth-order valence-electron chi connectivity index (χ4n) is 2.07. The molecule has 2 amide bonds. The van der Waals surface area contributed by atoms with Crippen LogP contribution in [0, 0.1) is 3.57 Å². The standard InChI is InChI=1S/C17H20IN3O/c1-21(16-9-3-2-4-10-16)12-6-11-19-17(22)20-15-8-5-7-14(18)13-15/h2-5,7-10,13H,6,11-12H2,1H3,(H2,19,20,22). The zero-order chi connectivity index (χ0) is 15.8. The summed E-state index contributed by atoms with van der Waals surface area (Å²) >= 11 is 2.22. The van der Waals surface area contributed by atoms with Gasteiger partial charge in [0.15, 0.2) is 0 Å². The molecule has 0 bridgehead atoms. The van der Waals surface area contributed by atoms with Crippen LogP contribution in [0.5, 0.6) is 0 Å². The minimum Gasteiger partial charge on any atom is -0.375 e. The van der Waals surface area contributed by atoms with E-state index in [1.807, 2.05) is 42.5 Å². The molecule has 0 spiro atoms. The number of hydrogen-bond acceptors (Lipinski definition) is 2. The molecule has 4 nitrogen and oxygen atoms in total. The van der Waals surface area contributed by atoms with Crippen LogP contribution in [0.4, 0.5) is 16.2 Å². The van der Waals surface area contributed by atoms with Crippen molar-refractivity contribution in [3.05, 3.63) is 58.2 Å². The van der Waals surface area contributed by atoms with Crippen molar-refractivity contribution in [3.8, 4) is 0 Å². The van der Waals surface area contributed by atoms with Gasteiger partial charge in [-0.15, -0.1) is 0 Å². The second kappa shape index (κ2) is 8.63. The first-order valence-electron chi connectivity index (χ1n) is 7.22. The summed E-state index contributed by atoms with van der Waals surface area (Å²) in [6.45, 7) is 1.54. The number of urea groups is 1. The van der Waals surface area contributed by atoms with Gasteiger partial charge in [0, 0.05) is 35.1 Å².